The van der Waals surface area contributed by atoms with Crippen LogP contribution in [-0.4, -0.2) is 12.6 Å². The van der Waals surface area contributed by atoms with Gasteiger partial charge in [0, 0.05) is 6.04 Å². The maximum absolute atomic E-state index is 3.78. The second-order valence-electron chi connectivity index (χ2n) is 7.31. The smallest absolute Gasteiger partial charge is 0.00985 e. The van der Waals surface area contributed by atoms with Gasteiger partial charge >= 0.3 is 0 Å². The first-order valence-corrected chi connectivity index (χ1v) is 8.88. The highest BCUT2D eigenvalue weighted by molar-refractivity contribution is 5.25. The van der Waals surface area contributed by atoms with Crippen molar-refractivity contribution in [1.29, 1.82) is 0 Å². The zero-order chi connectivity index (χ0) is 15.2. The molecule has 1 saturated carbocycles. The molecule has 0 amide bonds. The highest BCUT2D eigenvalue weighted by atomic mass is 14.9. The van der Waals surface area contributed by atoms with Crippen LogP contribution >= 0.6 is 0 Å². The summed E-state index contributed by atoms with van der Waals surface area (Å²) in [5, 5.41) is 3.78. The molecule has 0 aromatic heterocycles. The lowest BCUT2D eigenvalue weighted by molar-refractivity contribution is 0.172. The van der Waals surface area contributed by atoms with E-state index in [0.29, 0.717) is 6.04 Å². The van der Waals surface area contributed by atoms with Crippen LogP contribution in [0.4, 0.5) is 0 Å². The van der Waals surface area contributed by atoms with E-state index < -0.39 is 0 Å². The van der Waals surface area contributed by atoms with Crippen molar-refractivity contribution in [3.8, 4) is 0 Å². The average molecular weight is 287 g/mol. The fourth-order valence-electron chi connectivity index (χ4n) is 4.31. The monoisotopic (exact) mass is 287 g/mol. The van der Waals surface area contributed by atoms with Crippen LogP contribution in [0.3, 0.4) is 0 Å². The molecular weight excluding hydrogens is 254 g/mol. The van der Waals surface area contributed by atoms with E-state index in [9.17, 15) is 0 Å². The standard InChI is InChI=1S/C20H33N/c1-5-21-20(19-13-15(2)12-16(3)14-19)11-10-18-9-7-6-8-17(18)4/h6-9,15-16,19-21H,5,10-14H2,1-4H3. The third-order valence-electron chi connectivity index (χ3n) is 5.24. The van der Waals surface area contributed by atoms with Crippen molar-refractivity contribution in [3.63, 3.8) is 0 Å². The van der Waals surface area contributed by atoms with E-state index in [1.807, 2.05) is 0 Å². The molecule has 0 aliphatic heterocycles. The first-order chi connectivity index (χ1) is 10.1. The van der Waals surface area contributed by atoms with Crippen molar-refractivity contribution in [3.05, 3.63) is 35.4 Å². The van der Waals surface area contributed by atoms with Crippen LogP contribution in [0, 0.1) is 24.7 Å². The van der Waals surface area contributed by atoms with Crippen molar-refractivity contribution < 1.29 is 0 Å². The van der Waals surface area contributed by atoms with Gasteiger partial charge in [-0.05, 0) is 74.5 Å². The lowest BCUT2D eigenvalue weighted by Crippen LogP contribution is -2.40. The van der Waals surface area contributed by atoms with Gasteiger partial charge in [-0.1, -0.05) is 45.0 Å². The Morgan fingerprint density at radius 3 is 2.38 bits per heavy atom. The number of hydrogen-bond donors (Lipinski definition) is 1. The first kappa shape index (κ1) is 16.5. The Labute approximate surface area is 131 Å². The summed E-state index contributed by atoms with van der Waals surface area (Å²) in [6.45, 7) is 10.5. The molecule has 1 aromatic carbocycles. The van der Waals surface area contributed by atoms with E-state index >= 15 is 0 Å². The largest absolute Gasteiger partial charge is 0.314 e. The highest BCUT2D eigenvalue weighted by Gasteiger charge is 2.29. The van der Waals surface area contributed by atoms with E-state index in [0.717, 1.165) is 24.3 Å². The second kappa shape index (κ2) is 7.98. The Bertz CT molecular complexity index is 416. The molecule has 0 heterocycles. The summed E-state index contributed by atoms with van der Waals surface area (Å²) < 4.78 is 0. The predicted octanol–water partition coefficient (Wildman–Crippen LogP) is 4.98. The molecule has 1 aromatic rings. The summed E-state index contributed by atoms with van der Waals surface area (Å²) in [6, 6.07) is 9.55. The van der Waals surface area contributed by atoms with Crippen LogP contribution in [0.1, 0.15) is 57.6 Å². The van der Waals surface area contributed by atoms with Gasteiger partial charge in [0.15, 0.2) is 0 Å². The van der Waals surface area contributed by atoms with Gasteiger partial charge in [0.2, 0.25) is 0 Å². The molecule has 3 unspecified atom stereocenters. The summed E-state index contributed by atoms with van der Waals surface area (Å²) in [7, 11) is 0. The molecule has 21 heavy (non-hydrogen) atoms. The minimum absolute atomic E-state index is 0.694. The molecule has 3 atom stereocenters. The minimum atomic E-state index is 0.694. The lowest BCUT2D eigenvalue weighted by atomic mass is 9.72. The molecule has 1 N–H and O–H groups in total. The molecule has 2 rings (SSSR count). The van der Waals surface area contributed by atoms with Crippen molar-refractivity contribution >= 4 is 0 Å². The Morgan fingerprint density at radius 1 is 1.10 bits per heavy atom. The molecular formula is C20H33N. The number of benzene rings is 1. The fraction of sp³-hybridized carbons (Fsp3) is 0.700. The summed E-state index contributed by atoms with van der Waals surface area (Å²) in [4.78, 5) is 0. The zero-order valence-corrected chi connectivity index (χ0v) is 14.4. The van der Waals surface area contributed by atoms with Crippen LogP contribution in [0.5, 0.6) is 0 Å². The Balaban J connectivity index is 1.97. The van der Waals surface area contributed by atoms with Gasteiger partial charge in [-0.3, -0.25) is 0 Å². The van der Waals surface area contributed by atoms with E-state index in [1.165, 1.54) is 43.2 Å². The van der Waals surface area contributed by atoms with Crippen LogP contribution in [0.2, 0.25) is 0 Å². The fourth-order valence-corrected chi connectivity index (χ4v) is 4.31. The third kappa shape index (κ3) is 4.85. The summed E-state index contributed by atoms with van der Waals surface area (Å²) >= 11 is 0. The van der Waals surface area contributed by atoms with Gasteiger partial charge in [-0.25, -0.2) is 0 Å². The predicted molar refractivity (Wildman–Crippen MR) is 92.6 cm³/mol. The van der Waals surface area contributed by atoms with Crippen LogP contribution < -0.4 is 5.32 Å². The highest BCUT2D eigenvalue weighted by Crippen LogP contribution is 2.35. The molecule has 1 fully saturated rings. The number of rotatable bonds is 6. The Morgan fingerprint density at radius 2 is 1.76 bits per heavy atom. The van der Waals surface area contributed by atoms with Gasteiger partial charge in [0.1, 0.15) is 0 Å². The normalized spacial score (nSPS) is 27.5. The lowest BCUT2D eigenvalue weighted by Gasteiger charge is -2.37. The van der Waals surface area contributed by atoms with E-state index in [4.69, 9.17) is 0 Å². The van der Waals surface area contributed by atoms with E-state index in [-0.39, 0.29) is 0 Å². The quantitative estimate of drug-likeness (QED) is 0.778. The van der Waals surface area contributed by atoms with Crippen molar-refractivity contribution in [2.24, 2.45) is 17.8 Å². The molecule has 1 aliphatic carbocycles. The van der Waals surface area contributed by atoms with Gasteiger partial charge in [0.05, 0.1) is 0 Å². The third-order valence-corrected chi connectivity index (χ3v) is 5.24. The summed E-state index contributed by atoms with van der Waals surface area (Å²) in [5.74, 6) is 2.67. The molecule has 0 bridgehead atoms. The van der Waals surface area contributed by atoms with Crippen molar-refractivity contribution in [2.45, 2.75) is 65.8 Å². The Hall–Kier alpha value is -0.820. The van der Waals surface area contributed by atoms with E-state index in [1.54, 1.807) is 0 Å². The summed E-state index contributed by atoms with van der Waals surface area (Å²) in [6.07, 6.45) is 6.74. The topological polar surface area (TPSA) is 12.0 Å². The summed E-state index contributed by atoms with van der Waals surface area (Å²) in [5.41, 5.74) is 2.97. The van der Waals surface area contributed by atoms with Crippen molar-refractivity contribution in [1.82, 2.24) is 5.32 Å². The van der Waals surface area contributed by atoms with Crippen molar-refractivity contribution in [2.75, 3.05) is 6.54 Å². The minimum Gasteiger partial charge on any atom is -0.314 e. The molecule has 1 heteroatoms. The molecule has 0 saturated heterocycles. The molecule has 118 valence electrons. The Kier molecular flexibility index (Phi) is 6.29. The SMILES string of the molecule is CCNC(CCc1ccccc1C)C1CC(C)CC(C)C1. The van der Waals surface area contributed by atoms with Gasteiger partial charge in [-0.15, -0.1) is 0 Å². The van der Waals surface area contributed by atoms with Gasteiger partial charge in [-0.2, -0.15) is 0 Å². The zero-order valence-electron chi connectivity index (χ0n) is 14.4. The molecule has 0 radical (unpaired) electrons. The number of hydrogen-bond acceptors (Lipinski definition) is 1. The maximum Gasteiger partial charge on any atom is 0.00985 e. The van der Waals surface area contributed by atoms with Crippen LogP contribution in [-0.2, 0) is 6.42 Å². The van der Waals surface area contributed by atoms with Crippen LogP contribution in [0.25, 0.3) is 0 Å². The molecule has 1 nitrogen and oxygen atoms in total. The average Bonchev–Trinajstić information content (AvgIpc) is 2.44. The first-order valence-electron chi connectivity index (χ1n) is 8.88. The molecule has 1 aliphatic rings. The maximum atomic E-state index is 3.78. The van der Waals surface area contributed by atoms with Gasteiger partial charge < -0.3 is 5.32 Å². The van der Waals surface area contributed by atoms with Crippen LogP contribution in [0.15, 0.2) is 24.3 Å². The van der Waals surface area contributed by atoms with Gasteiger partial charge in [0.25, 0.3) is 0 Å². The number of aryl methyl sites for hydroxylation is 2. The molecule has 0 spiro atoms. The van der Waals surface area contributed by atoms with E-state index in [2.05, 4.69) is 57.3 Å². The number of nitrogens with one attached hydrogen (secondary N) is 1. The second-order valence-corrected chi connectivity index (χ2v) is 7.31.